The third-order valence-corrected chi connectivity index (χ3v) is 3.20. The van der Waals surface area contributed by atoms with Gasteiger partial charge in [-0.2, -0.15) is 0 Å². The lowest BCUT2D eigenvalue weighted by atomic mass is 10.1. The largest absolute Gasteiger partial charge is 0.499 e. The molecule has 0 saturated carbocycles. The highest BCUT2D eigenvalue weighted by Gasteiger charge is 2.13. The van der Waals surface area contributed by atoms with Crippen LogP contribution in [0.4, 0.5) is 0 Å². The van der Waals surface area contributed by atoms with E-state index >= 15 is 0 Å². The van der Waals surface area contributed by atoms with Crippen LogP contribution in [-0.4, -0.2) is 19.3 Å². The maximum Gasteiger partial charge on any atom is 0.113 e. The lowest BCUT2D eigenvalue weighted by molar-refractivity contribution is -0.0210. The van der Waals surface area contributed by atoms with Crippen molar-refractivity contribution < 1.29 is 9.47 Å². The van der Waals surface area contributed by atoms with Crippen LogP contribution in [-0.2, 0) is 9.47 Å². The molecule has 1 heterocycles. The maximum atomic E-state index is 5.55. The van der Waals surface area contributed by atoms with Crippen molar-refractivity contribution in [2.75, 3.05) is 13.2 Å². The van der Waals surface area contributed by atoms with E-state index in [0.717, 1.165) is 13.0 Å². The highest BCUT2D eigenvalue weighted by Crippen LogP contribution is 2.13. The third kappa shape index (κ3) is 10.6. The van der Waals surface area contributed by atoms with E-state index in [4.69, 9.17) is 9.47 Å². The monoisotopic (exact) mass is 256 g/mol. The first-order valence-electron chi connectivity index (χ1n) is 7.64. The summed E-state index contributed by atoms with van der Waals surface area (Å²) in [7, 11) is 0. The molecule has 0 aromatic carbocycles. The first-order chi connectivity index (χ1) is 8.74. The second kappa shape index (κ2) is 12.9. The summed E-state index contributed by atoms with van der Waals surface area (Å²) in [6, 6.07) is 0. The number of allylic oxidation sites excluding steroid dienone is 1. The van der Waals surface area contributed by atoms with Gasteiger partial charge in [0.05, 0.1) is 12.4 Å². The molecule has 18 heavy (non-hydrogen) atoms. The summed E-state index contributed by atoms with van der Waals surface area (Å²) in [6.45, 7) is 10.4. The van der Waals surface area contributed by atoms with Crippen molar-refractivity contribution in [3.05, 3.63) is 12.3 Å². The Morgan fingerprint density at radius 2 is 1.94 bits per heavy atom. The molecule has 0 aromatic rings. The van der Waals surface area contributed by atoms with Crippen molar-refractivity contribution >= 4 is 0 Å². The minimum absolute atomic E-state index is 0.324. The van der Waals surface area contributed by atoms with Gasteiger partial charge in [-0.1, -0.05) is 40.5 Å². The zero-order chi connectivity index (χ0) is 13.6. The Hall–Kier alpha value is -0.500. The second-order valence-corrected chi connectivity index (χ2v) is 5.04. The highest BCUT2D eigenvalue weighted by molar-refractivity contribution is 4.79. The molecule has 1 rings (SSSR count). The van der Waals surface area contributed by atoms with Crippen LogP contribution in [0.25, 0.3) is 0 Å². The summed E-state index contributed by atoms with van der Waals surface area (Å²) in [4.78, 5) is 0. The van der Waals surface area contributed by atoms with Crippen LogP contribution in [0.5, 0.6) is 0 Å². The Morgan fingerprint density at radius 3 is 2.44 bits per heavy atom. The molecule has 0 spiro atoms. The van der Waals surface area contributed by atoms with Gasteiger partial charge in [0.25, 0.3) is 0 Å². The predicted octanol–water partition coefficient (Wildman–Crippen LogP) is 4.94. The maximum absolute atomic E-state index is 5.55. The molecule has 1 saturated heterocycles. The van der Waals surface area contributed by atoms with Gasteiger partial charge in [-0.05, 0) is 37.7 Å². The summed E-state index contributed by atoms with van der Waals surface area (Å²) in [5, 5.41) is 0. The Morgan fingerprint density at radius 1 is 1.22 bits per heavy atom. The van der Waals surface area contributed by atoms with Crippen LogP contribution in [0.1, 0.15) is 66.2 Å². The van der Waals surface area contributed by atoms with Crippen molar-refractivity contribution in [3.63, 3.8) is 0 Å². The number of unbranched alkanes of at least 4 members (excludes halogenated alkanes) is 1. The van der Waals surface area contributed by atoms with E-state index in [0.29, 0.717) is 18.6 Å². The van der Waals surface area contributed by atoms with Gasteiger partial charge in [0.1, 0.15) is 6.61 Å². The van der Waals surface area contributed by atoms with Gasteiger partial charge in [0.15, 0.2) is 0 Å². The van der Waals surface area contributed by atoms with Gasteiger partial charge in [0, 0.05) is 6.61 Å². The molecule has 1 aliphatic rings. The van der Waals surface area contributed by atoms with Crippen molar-refractivity contribution in [3.8, 4) is 0 Å². The van der Waals surface area contributed by atoms with E-state index in [-0.39, 0.29) is 0 Å². The van der Waals surface area contributed by atoms with Crippen molar-refractivity contribution in [2.45, 2.75) is 72.3 Å². The first-order valence-corrected chi connectivity index (χ1v) is 7.64. The molecular weight excluding hydrogens is 224 g/mol. The van der Waals surface area contributed by atoms with Crippen molar-refractivity contribution in [1.82, 2.24) is 0 Å². The molecule has 0 radical (unpaired) electrons. The number of rotatable bonds is 6. The highest BCUT2D eigenvalue weighted by atomic mass is 16.5. The quantitative estimate of drug-likeness (QED) is 0.627. The number of ether oxygens (including phenoxy) is 2. The fourth-order valence-electron chi connectivity index (χ4n) is 1.43. The summed E-state index contributed by atoms with van der Waals surface area (Å²) in [5.74, 6) is 0.613. The Kier molecular flexibility index (Phi) is 12.6. The third-order valence-electron chi connectivity index (χ3n) is 3.20. The zero-order valence-corrected chi connectivity index (χ0v) is 12.8. The molecule has 2 nitrogen and oxygen atoms in total. The van der Waals surface area contributed by atoms with E-state index in [2.05, 4.69) is 33.8 Å². The van der Waals surface area contributed by atoms with Gasteiger partial charge in [-0.15, -0.1) is 0 Å². The number of hydrogen-bond acceptors (Lipinski definition) is 2. The molecule has 108 valence electrons. The van der Waals surface area contributed by atoms with Crippen LogP contribution < -0.4 is 0 Å². The standard InChI is InChI=1S/C12H22O2.C4H10/c1-3-11(2)7-9-13-10-12-6-4-5-8-14-12;1-3-4-2/h7,9,11-12H,3-6,8,10H2,1-2H3;3-4H2,1-2H3. The molecule has 0 bridgehead atoms. The molecule has 0 aromatic heterocycles. The average Bonchev–Trinajstić information content (AvgIpc) is 2.44. The van der Waals surface area contributed by atoms with Gasteiger partial charge in [-0.3, -0.25) is 0 Å². The minimum Gasteiger partial charge on any atom is -0.499 e. The normalized spacial score (nSPS) is 21.2. The van der Waals surface area contributed by atoms with Crippen molar-refractivity contribution in [2.24, 2.45) is 5.92 Å². The summed E-state index contributed by atoms with van der Waals surface area (Å²) in [5.41, 5.74) is 0. The van der Waals surface area contributed by atoms with Crippen LogP contribution >= 0.6 is 0 Å². The molecule has 1 aliphatic heterocycles. The van der Waals surface area contributed by atoms with Crippen LogP contribution in [0, 0.1) is 5.92 Å². The Balaban J connectivity index is 0.000000631. The predicted molar refractivity (Wildman–Crippen MR) is 78.7 cm³/mol. The molecule has 2 heteroatoms. The van der Waals surface area contributed by atoms with Crippen LogP contribution in [0.2, 0.25) is 0 Å². The minimum atomic E-state index is 0.324. The average molecular weight is 256 g/mol. The van der Waals surface area contributed by atoms with Crippen LogP contribution in [0.3, 0.4) is 0 Å². The van der Waals surface area contributed by atoms with E-state index in [9.17, 15) is 0 Å². The Bertz CT molecular complexity index is 182. The first kappa shape index (κ1) is 17.5. The zero-order valence-electron chi connectivity index (χ0n) is 12.8. The number of hydrogen-bond donors (Lipinski definition) is 0. The van der Waals surface area contributed by atoms with Gasteiger partial charge in [-0.25, -0.2) is 0 Å². The van der Waals surface area contributed by atoms with E-state index in [1.807, 2.05) is 6.26 Å². The van der Waals surface area contributed by atoms with Crippen molar-refractivity contribution in [1.29, 1.82) is 0 Å². The molecule has 2 unspecified atom stereocenters. The molecule has 0 amide bonds. The molecule has 0 aliphatic carbocycles. The van der Waals surface area contributed by atoms with E-state index < -0.39 is 0 Å². The molecule has 1 fully saturated rings. The lowest BCUT2D eigenvalue weighted by Gasteiger charge is -2.21. The summed E-state index contributed by atoms with van der Waals surface area (Å²) in [6.07, 6.45) is 11.7. The topological polar surface area (TPSA) is 18.5 Å². The summed E-state index contributed by atoms with van der Waals surface area (Å²) < 4.78 is 11.0. The SMILES string of the molecule is CCC(C)C=COCC1CCCCO1.CCCC. The van der Waals surface area contributed by atoms with E-state index in [1.165, 1.54) is 32.1 Å². The lowest BCUT2D eigenvalue weighted by Crippen LogP contribution is -2.23. The fourth-order valence-corrected chi connectivity index (χ4v) is 1.43. The van der Waals surface area contributed by atoms with Gasteiger partial charge >= 0.3 is 0 Å². The second-order valence-electron chi connectivity index (χ2n) is 5.04. The molecular formula is C16H32O2. The van der Waals surface area contributed by atoms with E-state index in [1.54, 1.807) is 0 Å². The Labute approximate surface area is 114 Å². The molecule has 0 N–H and O–H groups in total. The molecule has 2 atom stereocenters. The summed E-state index contributed by atoms with van der Waals surface area (Å²) >= 11 is 0. The van der Waals surface area contributed by atoms with Crippen LogP contribution in [0.15, 0.2) is 12.3 Å². The smallest absolute Gasteiger partial charge is 0.113 e. The van der Waals surface area contributed by atoms with Gasteiger partial charge in [0.2, 0.25) is 0 Å². The fraction of sp³-hybridized carbons (Fsp3) is 0.875. The van der Waals surface area contributed by atoms with Gasteiger partial charge < -0.3 is 9.47 Å².